The fourth-order valence-corrected chi connectivity index (χ4v) is 3.50. The number of carbonyl (C=O) groups excluding carboxylic acids is 1. The molecule has 1 aliphatic heterocycles. The van der Waals surface area contributed by atoms with E-state index in [9.17, 15) is 4.79 Å². The second kappa shape index (κ2) is 7.56. The van der Waals surface area contributed by atoms with Crippen LogP contribution in [0.25, 0.3) is 10.9 Å². The maximum absolute atomic E-state index is 12.9. The molecule has 1 aliphatic rings. The summed E-state index contributed by atoms with van der Waals surface area (Å²) in [6.07, 6.45) is 5.32. The summed E-state index contributed by atoms with van der Waals surface area (Å²) in [7, 11) is 0. The van der Waals surface area contributed by atoms with Crippen LogP contribution in [0.1, 0.15) is 35.2 Å². The Balaban J connectivity index is 1.51. The van der Waals surface area contributed by atoms with Crippen LogP contribution in [-0.2, 0) is 6.54 Å². The molecule has 132 valence electrons. The van der Waals surface area contributed by atoms with Crippen molar-refractivity contribution in [3.63, 3.8) is 0 Å². The number of piperidine rings is 1. The molecule has 0 aliphatic carbocycles. The van der Waals surface area contributed by atoms with Crippen LogP contribution in [-0.4, -0.2) is 28.9 Å². The second-order valence-electron chi connectivity index (χ2n) is 6.79. The van der Waals surface area contributed by atoms with Gasteiger partial charge in [-0.05, 0) is 49.1 Å². The van der Waals surface area contributed by atoms with Crippen molar-refractivity contribution in [2.75, 3.05) is 18.4 Å². The summed E-state index contributed by atoms with van der Waals surface area (Å²) in [4.78, 5) is 19.4. The molecule has 2 aromatic carbocycles. The molecular formula is C22H23N3O. The monoisotopic (exact) mass is 345 g/mol. The smallest absolute Gasteiger partial charge is 0.255 e. The van der Waals surface area contributed by atoms with Crippen molar-refractivity contribution in [2.24, 2.45) is 0 Å². The van der Waals surface area contributed by atoms with Gasteiger partial charge in [-0.15, -0.1) is 0 Å². The molecule has 1 amide bonds. The summed E-state index contributed by atoms with van der Waals surface area (Å²) in [5.74, 6) is 0.129. The van der Waals surface area contributed by atoms with Crippen LogP contribution < -0.4 is 5.32 Å². The molecule has 2 heterocycles. The Morgan fingerprint density at radius 3 is 2.65 bits per heavy atom. The van der Waals surface area contributed by atoms with E-state index in [0.29, 0.717) is 6.54 Å². The Morgan fingerprint density at radius 1 is 1.00 bits per heavy atom. The number of rotatable bonds is 4. The van der Waals surface area contributed by atoms with Crippen LogP contribution in [0.15, 0.2) is 60.8 Å². The molecule has 0 saturated carbocycles. The van der Waals surface area contributed by atoms with E-state index in [1.807, 2.05) is 53.6 Å². The molecule has 1 saturated heterocycles. The van der Waals surface area contributed by atoms with E-state index in [1.165, 1.54) is 6.42 Å². The lowest BCUT2D eigenvalue weighted by molar-refractivity contribution is 0.0725. The van der Waals surface area contributed by atoms with Crippen LogP contribution >= 0.6 is 0 Å². The van der Waals surface area contributed by atoms with Crippen molar-refractivity contribution in [3.05, 3.63) is 71.9 Å². The van der Waals surface area contributed by atoms with Gasteiger partial charge in [-0.2, -0.15) is 0 Å². The van der Waals surface area contributed by atoms with E-state index in [0.717, 1.165) is 53.6 Å². The Labute approximate surface area is 153 Å². The molecule has 26 heavy (non-hydrogen) atoms. The van der Waals surface area contributed by atoms with Gasteiger partial charge in [0.05, 0.1) is 11.1 Å². The number of nitrogens with one attached hydrogen (secondary N) is 1. The number of hydrogen-bond acceptors (Lipinski definition) is 3. The number of benzene rings is 2. The predicted octanol–water partition coefficient (Wildman–Crippen LogP) is 4.47. The number of hydrogen-bond donors (Lipinski definition) is 1. The summed E-state index contributed by atoms with van der Waals surface area (Å²) in [6.45, 7) is 2.37. The first kappa shape index (κ1) is 16.6. The Bertz CT molecular complexity index is 916. The predicted molar refractivity (Wildman–Crippen MR) is 105 cm³/mol. The van der Waals surface area contributed by atoms with Crippen molar-refractivity contribution >= 4 is 22.5 Å². The number of likely N-dealkylation sites (tertiary alicyclic amines) is 1. The zero-order chi connectivity index (χ0) is 17.8. The molecular weight excluding hydrogens is 322 g/mol. The van der Waals surface area contributed by atoms with Crippen molar-refractivity contribution in [1.82, 2.24) is 9.88 Å². The van der Waals surface area contributed by atoms with Crippen LogP contribution in [0.3, 0.4) is 0 Å². The third-order valence-corrected chi connectivity index (χ3v) is 4.93. The molecule has 4 rings (SSSR count). The summed E-state index contributed by atoms with van der Waals surface area (Å²) in [6, 6.07) is 18.0. The highest BCUT2D eigenvalue weighted by molar-refractivity contribution is 5.99. The number of para-hydroxylation sites is 2. The van der Waals surface area contributed by atoms with E-state index in [-0.39, 0.29) is 5.91 Å². The first-order chi connectivity index (χ1) is 12.8. The Hall–Kier alpha value is -2.88. The van der Waals surface area contributed by atoms with Crippen LogP contribution in [0, 0.1) is 0 Å². The first-order valence-electron chi connectivity index (χ1n) is 9.27. The lowest BCUT2D eigenvalue weighted by atomic mass is 10.1. The van der Waals surface area contributed by atoms with Crippen molar-refractivity contribution in [3.8, 4) is 0 Å². The fourth-order valence-electron chi connectivity index (χ4n) is 3.50. The first-order valence-corrected chi connectivity index (χ1v) is 9.27. The Morgan fingerprint density at radius 2 is 1.77 bits per heavy atom. The van der Waals surface area contributed by atoms with Gasteiger partial charge in [-0.1, -0.05) is 30.3 Å². The molecule has 1 aromatic heterocycles. The topological polar surface area (TPSA) is 45.2 Å². The van der Waals surface area contributed by atoms with Crippen LogP contribution in [0.2, 0.25) is 0 Å². The van der Waals surface area contributed by atoms with E-state index in [2.05, 4.69) is 22.4 Å². The molecule has 1 N–H and O–H groups in total. The van der Waals surface area contributed by atoms with Crippen molar-refractivity contribution in [2.45, 2.75) is 25.8 Å². The van der Waals surface area contributed by atoms with Gasteiger partial charge in [-0.3, -0.25) is 9.78 Å². The SMILES string of the molecule is O=C(c1ccccc1NCc1cnc2ccccc2c1)N1CCCCC1. The quantitative estimate of drug-likeness (QED) is 0.759. The number of anilines is 1. The summed E-state index contributed by atoms with van der Waals surface area (Å²) in [5, 5.41) is 4.56. The van der Waals surface area contributed by atoms with Gasteiger partial charge in [0.2, 0.25) is 0 Å². The molecule has 0 radical (unpaired) electrons. The van der Waals surface area contributed by atoms with Crippen molar-refractivity contribution < 1.29 is 4.79 Å². The maximum Gasteiger partial charge on any atom is 0.255 e. The lowest BCUT2D eigenvalue weighted by Crippen LogP contribution is -2.35. The normalized spacial score (nSPS) is 14.4. The number of pyridine rings is 1. The molecule has 0 atom stereocenters. The third-order valence-electron chi connectivity index (χ3n) is 4.93. The van der Waals surface area contributed by atoms with Crippen LogP contribution in [0.5, 0.6) is 0 Å². The summed E-state index contributed by atoms with van der Waals surface area (Å²) in [5.41, 5.74) is 3.74. The summed E-state index contributed by atoms with van der Waals surface area (Å²) >= 11 is 0. The highest BCUT2D eigenvalue weighted by Gasteiger charge is 2.20. The molecule has 4 nitrogen and oxygen atoms in total. The molecule has 0 unspecified atom stereocenters. The highest BCUT2D eigenvalue weighted by atomic mass is 16.2. The number of fused-ring (bicyclic) bond motifs is 1. The van der Waals surface area contributed by atoms with Gasteiger partial charge < -0.3 is 10.2 Å². The van der Waals surface area contributed by atoms with Gasteiger partial charge in [0.15, 0.2) is 0 Å². The van der Waals surface area contributed by atoms with Crippen molar-refractivity contribution in [1.29, 1.82) is 0 Å². The zero-order valence-corrected chi connectivity index (χ0v) is 14.8. The summed E-state index contributed by atoms with van der Waals surface area (Å²) < 4.78 is 0. The third kappa shape index (κ3) is 3.54. The highest BCUT2D eigenvalue weighted by Crippen LogP contribution is 2.21. The molecule has 0 bridgehead atoms. The van der Waals surface area contributed by atoms with Gasteiger partial charge in [0.25, 0.3) is 5.91 Å². The molecule has 0 spiro atoms. The molecule has 1 fully saturated rings. The van der Waals surface area contributed by atoms with Gasteiger partial charge in [0, 0.05) is 36.9 Å². The standard InChI is InChI=1S/C22H23N3O/c26-22(25-12-6-1-7-13-25)19-9-3-5-11-21(19)24-16-17-14-18-8-2-4-10-20(18)23-15-17/h2-5,8-11,14-15,24H,1,6-7,12-13,16H2. The molecule has 3 aromatic rings. The minimum absolute atomic E-state index is 0.129. The minimum Gasteiger partial charge on any atom is -0.380 e. The van der Waals surface area contributed by atoms with Crippen LogP contribution in [0.4, 0.5) is 5.69 Å². The van der Waals surface area contributed by atoms with E-state index in [1.54, 1.807) is 0 Å². The fraction of sp³-hybridized carbons (Fsp3) is 0.273. The number of aromatic nitrogens is 1. The van der Waals surface area contributed by atoms with Gasteiger partial charge in [0.1, 0.15) is 0 Å². The van der Waals surface area contributed by atoms with E-state index in [4.69, 9.17) is 0 Å². The Kier molecular flexibility index (Phi) is 4.82. The number of amides is 1. The largest absolute Gasteiger partial charge is 0.380 e. The van der Waals surface area contributed by atoms with E-state index >= 15 is 0 Å². The zero-order valence-electron chi connectivity index (χ0n) is 14.8. The van der Waals surface area contributed by atoms with Gasteiger partial charge in [-0.25, -0.2) is 0 Å². The molecule has 4 heteroatoms. The lowest BCUT2D eigenvalue weighted by Gasteiger charge is -2.27. The average Bonchev–Trinajstić information content (AvgIpc) is 2.72. The van der Waals surface area contributed by atoms with Gasteiger partial charge >= 0.3 is 0 Å². The number of nitrogens with zero attached hydrogens (tertiary/aromatic N) is 2. The van der Waals surface area contributed by atoms with E-state index < -0.39 is 0 Å². The second-order valence-corrected chi connectivity index (χ2v) is 6.79. The maximum atomic E-state index is 12.9. The average molecular weight is 345 g/mol. The minimum atomic E-state index is 0.129. The number of carbonyl (C=O) groups is 1.